The van der Waals surface area contributed by atoms with Crippen LogP contribution in [0.25, 0.3) is 0 Å². The lowest BCUT2D eigenvalue weighted by atomic mass is 10.3. The van der Waals surface area contributed by atoms with Crippen LogP contribution in [0.1, 0.15) is 6.42 Å². The van der Waals surface area contributed by atoms with Gasteiger partial charge in [-0.25, -0.2) is 8.78 Å². The second kappa shape index (κ2) is 3.85. The quantitative estimate of drug-likeness (QED) is 0.626. The molecule has 0 fully saturated rings. The Morgan fingerprint density at radius 3 is 2.83 bits per heavy atom. The molecule has 0 atom stereocenters. The first-order valence-electron chi connectivity index (χ1n) is 3.54. The Labute approximate surface area is 69.8 Å². The van der Waals surface area contributed by atoms with E-state index in [1.807, 2.05) is 0 Å². The van der Waals surface area contributed by atoms with Crippen LogP contribution in [0.15, 0.2) is 48.4 Å². The van der Waals surface area contributed by atoms with Gasteiger partial charge in [0, 0.05) is 12.5 Å². The Morgan fingerprint density at radius 2 is 2.33 bits per heavy atom. The molecule has 0 saturated heterocycles. The third kappa shape index (κ3) is 2.05. The molecule has 1 nitrogen and oxygen atoms in total. The molecular weight excluding hydrogens is 160 g/mol. The molecule has 12 heavy (non-hydrogen) atoms. The van der Waals surface area contributed by atoms with Crippen LogP contribution in [-0.4, -0.2) is 0 Å². The maximum atomic E-state index is 13.0. The number of nitrogens with one attached hydrogen (secondary N) is 1. The van der Waals surface area contributed by atoms with E-state index >= 15 is 0 Å². The molecule has 0 spiro atoms. The molecule has 0 aromatic heterocycles. The van der Waals surface area contributed by atoms with Crippen molar-refractivity contribution in [3.8, 4) is 0 Å². The van der Waals surface area contributed by atoms with Gasteiger partial charge in [0.05, 0.1) is 5.70 Å². The van der Waals surface area contributed by atoms with Crippen molar-refractivity contribution >= 4 is 0 Å². The van der Waals surface area contributed by atoms with Crippen LogP contribution in [-0.2, 0) is 0 Å². The normalized spacial score (nSPS) is 20.7. The third-order valence-corrected chi connectivity index (χ3v) is 1.45. The lowest BCUT2D eigenvalue weighted by Gasteiger charge is -1.97. The number of hydrogen-bond acceptors (Lipinski definition) is 1. The maximum absolute atomic E-state index is 13.0. The van der Waals surface area contributed by atoms with Gasteiger partial charge in [0.25, 0.3) is 0 Å². The summed E-state index contributed by atoms with van der Waals surface area (Å²) in [7, 11) is 0. The van der Waals surface area contributed by atoms with Gasteiger partial charge in [0.1, 0.15) is 11.7 Å². The Morgan fingerprint density at radius 1 is 1.58 bits per heavy atom. The zero-order chi connectivity index (χ0) is 8.97. The molecule has 1 aliphatic rings. The standard InChI is InChI=1S/C9H9F2N/c1-2-7(10)6-8(11)9-4-3-5-12-9/h2-3,5-6,12H,1,4H2/b7-6+,9-8-. The minimum atomic E-state index is -0.672. The van der Waals surface area contributed by atoms with Crippen LogP contribution >= 0.6 is 0 Å². The average molecular weight is 169 g/mol. The van der Waals surface area contributed by atoms with Gasteiger partial charge in [-0.3, -0.25) is 0 Å². The summed E-state index contributed by atoms with van der Waals surface area (Å²) in [5.41, 5.74) is 0.381. The summed E-state index contributed by atoms with van der Waals surface area (Å²) in [4.78, 5) is 0. The van der Waals surface area contributed by atoms with Gasteiger partial charge >= 0.3 is 0 Å². The van der Waals surface area contributed by atoms with E-state index in [2.05, 4.69) is 11.9 Å². The number of hydrogen-bond donors (Lipinski definition) is 1. The van der Waals surface area contributed by atoms with E-state index in [4.69, 9.17) is 0 Å². The molecule has 3 heteroatoms. The second-order valence-corrected chi connectivity index (χ2v) is 2.31. The van der Waals surface area contributed by atoms with Crippen molar-refractivity contribution in [1.29, 1.82) is 0 Å². The summed E-state index contributed by atoms with van der Waals surface area (Å²) >= 11 is 0. The topological polar surface area (TPSA) is 12.0 Å². The highest BCUT2D eigenvalue weighted by atomic mass is 19.1. The highest BCUT2D eigenvalue weighted by molar-refractivity contribution is 5.28. The molecule has 0 unspecified atom stereocenters. The first-order chi connectivity index (χ1) is 5.74. The van der Waals surface area contributed by atoms with Gasteiger partial charge in [-0.15, -0.1) is 0 Å². The van der Waals surface area contributed by atoms with E-state index in [9.17, 15) is 8.78 Å². The fourth-order valence-corrected chi connectivity index (χ4v) is 0.829. The van der Waals surface area contributed by atoms with Crippen LogP contribution in [0.4, 0.5) is 8.78 Å². The second-order valence-electron chi connectivity index (χ2n) is 2.31. The molecule has 0 bridgehead atoms. The zero-order valence-electron chi connectivity index (χ0n) is 6.48. The molecule has 0 aliphatic carbocycles. The van der Waals surface area contributed by atoms with Crippen LogP contribution in [0.2, 0.25) is 0 Å². The monoisotopic (exact) mass is 169 g/mol. The first kappa shape index (κ1) is 8.71. The van der Waals surface area contributed by atoms with E-state index in [1.54, 1.807) is 12.3 Å². The summed E-state index contributed by atoms with van der Waals surface area (Å²) in [6.45, 7) is 3.17. The third-order valence-electron chi connectivity index (χ3n) is 1.45. The number of rotatable bonds is 2. The summed E-state index contributed by atoms with van der Waals surface area (Å²) in [6.07, 6.45) is 5.63. The van der Waals surface area contributed by atoms with Crippen molar-refractivity contribution in [3.05, 3.63) is 48.4 Å². The fourth-order valence-electron chi connectivity index (χ4n) is 0.829. The molecule has 1 aliphatic heterocycles. The van der Waals surface area contributed by atoms with Crippen LogP contribution < -0.4 is 5.32 Å². The van der Waals surface area contributed by atoms with Gasteiger partial charge < -0.3 is 5.32 Å². The van der Waals surface area contributed by atoms with Gasteiger partial charge in [0.15, 0.2) is 0 Å². The van der Waals surface area contributed by atoms with E-state index in [-0.39, 0.29) is 0 Å². The Bertz CT molecular complexity index is 264. The Kier molecular flexibility index (Phi) is 2.80. The predicted octanol–water partition coefficient (Wildman–Crippen LogP) is 2.71. The van der Waals surface area contributed by atoms with Crippen molar-refractivity contribution < 1.29 is 8.78 Å². The summed E-state index contributed by atoms with van der Waals surface area (Å²) < 4.78 is 25.4. The van der Waals surface area contributed by atoms with Crippen LogP contribution in [0.5, 0.6) is 0 Å². The minimum Gasteiger partial charge on any atom is -0.363 e. The molecule has 0 amide bonds. The highest BCUT2D eigenvalue weighted by Crippen LogP contribution is 2.16. The molecule has 0 aromatic carbocycles. The maximum Gasteiger partial charge on any atom is 0.145 e. The SMILES string of the molecule is C=C/C(F)=C\C(F)=C1/CC=CN1. The van der Waals surface area contributed by atoms with E-state index in [0.717, 1.165) is 12.2 Å². The van der Waals surface area contributed by atoms with Gasteiger partial charge in [0.2, 0.25) is 0 Å². The van der Waals surface area contributed by atoms with E-state index in [0.29, 0.717) is 12.1 Å². The van der Waals surface area contributed by atoms with E-state index < -0.39 is 11.7 Å². The number of halogens is 2. The molecule has 1 N–H and O–H groups in total. The smallest absolute Gasteiger partial charge is 0.145 e. The lowest BCUT2D eigenvalue weighted by molar-refractivity contribution is 0.617. The molecule has 0 radical (unpaired) electrons. The van der Waals surface area contributed by atoms with Crippen molar-refractivity contribution in [3.63, 3.8) is 0 Å². The average Bonchev–Trinajstić information content (AvgIpc) is 2.56. The summed E-state index contributed by atoms with van der Waals surface area (Å²) in [5, 5.41) is 2.66. The van der Waals surface area contributed by atoms with Crippen LogP contribution in [0.3, 0.4) is 0 Å². The molecule has 64 valence electrons. The van der Waals surface area contributed by atoms with Crippen molar-refractivity contribution in [2.75, 3.05) is 0 Å². The molecule has 1 heterocycles. The van der Waals surface area contributed by atoms with Gasteiger partial charge in [-0.05, 0) is 12.3 Å². The largest absolute Gasteiger partial charge is 0.363 e. The first-order valence-corrected chi connectivity index (χ1v) is 3.54. The molecule has 1 rings (SSSR count). The van der Waals surface area contributed by atoms with Gasteiger partial charge in [-0.2, -0.15) is 0 Å². The van der Waals surface area contributed by atoms with Crippen molar-refractivity contribution in [2.24, 2.45) is 0 Å². The summed E-state index contributed by atoms with van der Waals surface area (Å²) in [6, 6.07) is 0. The summed E-state index contributed by atoms with van der Waals surface area (Å²) in [5.74, 6) is -1.26. The Balaban J connectivity index is 2.75. The highest BCUT2D eigenvalue weighted by Gasteiger charge is 2.05. The fraction of sp³-hybridized carbons (Fsp3) is 0.111. The molecule has 0 aromatic rings. The molecule has 0 saturated carbocycles. The van der Waals surface area contributed by atoms with E-state index in [1.165, 1.54) is 0 Å². The predicted molar refractivity (Wildman–Crippen MR) is 44.4 cm³/mol. The molecular formula is C9H9F2N. The Hall–Kier alpha value is -1.38. The van der Waals surface area contributed by atoms with Crippen molar-refractivity contribution in [1.82, 2.24) is 5.32 Å². The van der Waals surface area contributed by atoms with Crippen LogP contribution in [0, 0.1) is 0 Å². The zero-order valence-corrected chi connectivity index (χ0v) is 6.48. The minimum absolute atomic E-state index is 0.381. The van der Waals surface area contributed by atoms with Gasteiger partial charge in [-0.1, -0.05) is 12.7 Å². The van der Waals surface area contributed by atoms with Crippen molar-refractivity contribution in [2.45, 2.75) is 6.42 Å². The lowest BCUT2D eigenvalue weighted by Crippen LogP contribution is -1.99. The number of allylic oxidation sites excluding steroid dienone is 5.